The maximum atomic E-state index is 12.6. The first kappa shape index (κ1) is 17.6. The molecule has 0 aliphatic carbocycles. The zero-order valence-corrected chi connectivity index (χ0v) is 12.8. The molecule has 1 aromatic carbocycles. The highest BCUT2D eigenvalue weighted by Gasteiger charge is 2.30. The summed E-state index contributed by atoms with van der Waals surface area (Å²) in [6.45, 7) is 2.28. The molecule has 23 heavy (non-hydrogen) atoms. The summed E-state index contributed by atoms with van der Waals surface area (Å²) in [5, 5.41) is 6.04. The molecule has 2 rings (SSSR count). The lowest BCUT2D eigenvalue weighted by atomic mass is 9.96. The fourth-order valence-corrected chi connectivity index (χ4v) is 2.55. The summed E-state index contributed by atoms with van der Waals surface area (Å²) in [5.74, 6) is 0.270. The van der Waals surface area contributed by atoms with Gasteiger partial charge in [-0.15, -0.1) is 0 Å². The highest BCUT2D eigenvalue weighted by Crippen LogP contribution is 2.31. The maximum absolute atomic E-state index is 12.6. The summed E-state index contributed by atoms with van der Waals surface area (Å²) in [7, 11) is 0. The van der Waals surface area contributed by atoms with E-state index in [4.69, 9.17) is 4.74 Å². The maximum Gasteiger partial charge on any atom is 0.416 e. The predicted octanol–water partition coefficient (Wildman–Crippen LogP) is 2.59. The van der Waals surface area contributed by atoms with Gasteiger partial charge in [-0.1, -0.05) is 6.07 Å². The number of rotatable bonds is 6. The Morgan fingerprint density at radius 2 is 2.22 bits per heavy atom. The van der Waals surface area contributed by atoms with Crippen LogP contribution in [0, 0.1) is 5.92 Å². The SMILES string of the molecule is O=C(COc1cccc(C(F)(F)F)c1)NCCC1CCCNC1. The number of ether oxygens (including phenoxy) is 1. The smallest absolute Gasteiger partial charge is 0.416 e. The van der Waals surface area contributed by atoms with Crippen LogP contribution in [0.5, 0.6) is 5.75 Å². The van der Waals surface area contributed by atoms with Gasteiger partial charge in [-0.05, 0) is 56.5 Å². The lowest BCUT2D eigenvalue weighted by molar-refractivity contribution is -0.137. The van der Waals surface area contributed by atoms with Crippen LogP contribution in [0.1, 0.15) is 24.8 Å². The van der Waals surface area contributed by atoms with Crippen LogP contribution in [0.25, 0.3) is 0 Å². The Kier molecular flexibility index (Phi) is 6.27. The van der Waals surface area contributed by atoms with Gasteiger partial charge in [0.25, 0.3) is 5.91 Å². The summed E-state index contributed by atoms with van der Waals surface area (Å²) in [5.41, 5.74) is -0.791. The normalized spacial score (nSPS) is 18.5. The number of hydrogen-bond donors (Lipinski definition) is 2. The first-order valence-electron chi connectivity index (χ1n) is 7.72. The minimum atomic E-state index is -4.42. The van der Waals surface area contributed by atoms with Gasteiger partial charge in [0.15, 0.2) is 6.61 Å². The molecule has 1 fully saturated rings. The van der Waals surface area contributed by atoms with Crippen molar-refractivity contribution in [2.45, 2.75) is 25.4 Å². The van der Waals surface area contributed by atoms with Crippen molar-refractivity contribution in [3.8, 4) is 5.75 Å². The minimum Gasteiger partial charge on any atom is -0.484 e. The van der Waals surface area contributed by atoms with E-state index in [0.717, 1.165) is 44.5 Å². The highest BCUT2D eigenvalue weighted by molar-refractivity contribution is 5.77. The second kappa shape index (κ2) is 8.19. The van der Waals surface area contributed by atoms with Crippen molar-refractivity contribution in [2.24, 2.45) is 5.92 Å². The van der Waals surface area contributed by atoms with Crippen LogP contribution in [0.2, 0.25) is 0 Å². The summed E-state index contributed by atoms with van der Waals surface area (Å²) < 4.78 is 42.8. The van der Waals surface area contributed by atoms with Crippen molar-refractivity contribution in [1.29, 1.82) is 0 Å². The fraction of sp³-hybridized carbons (Fsp3) is 0.562. The van der Waals surface area contributed by atoms with Gasteiger partial charge in [-0.3, -0.25) is 4.79 Å². The van der Waals surface area contributed by atoms with Crippen molar-refractivity contribution in [3.63, 3.8) is 0 Å². The van der Waals surface area contributed by atoms with E-state index in [1.165, 1.54) is 12.1 Å². The van der Waals surface area contributed by atoms with Crippen molar-refractivity contribution in [2.75, 3.05) is 26.2 Å². The number of nitrogens with one attached hydrogen (secondary N) is 2. The average molecular weight is 330 g/mol. The molecular formula is C16H21F3N2O2. The van der Waals surface area contributed by atoms with Gasteiger partial charge >= 0.3 is 6.18 Å². The summed E-state index contributed by atoms with van der Waals surface area (Å²) in [4.78, 5) is 11.7. The van der Waals surface area contributed by atoms with Gasteiger partial charge in [0.05, 0.1) is 5.56 Å². The van der Waals surface area contributed by atoms with Crippen LogP contribution in [0.15, 0.2) is 24.3 Å². The van der Waals surface area contributed by atoms with E-state index in [0.29, 0.717) is 12.5 Å². The van der Waals surface area contributed by atoms with Crippen molar-refractivity contribution in [3.05, 3.63) is 29.8 Å². The van der Waals surface area contributed by atoms with Crippen LogP contribution in [-0.2, 0) is 11.0 Å². The zero-order chi connectivity index (χ0) is 16.7. The minimum absolute atomic E-state index is 0.0338. The lowest BCUT2D eigenvalue weighted by Crippen LogP contribution is -2.34. The van der Waals surface area contributed by atoms with E-state index in [1.54, 1.807) is 0 Å². The number of carbonyl (C=O) groups is 1. The average Bonchev–Trinajstić information content (AvgIpc) is 2.53. The Morgan fingerprint density at radius 3 is 2.91 bits per heavy atom. The predicted molar refractivity (Wildman–Crippen MR) is 80.2 cm³/mol. The molecule has 0 radical (unpaired) electrons. The van der Waals surface area contributed by atoms with Gasteiger partial charge in [-0.2, -0.15) is 13.2 Å². The number of piperidine rings is 1. The van der Waals surface area contributed by atoms with Crippen LogP contribution >= 0.6 is 0 Å². The Hall–Kier alpha value is -1.76. The largest absolute Gasteiger partial charge is 0.484 e. The quantitative estimate of drug-likeness (QED) is 0.843. The number of halogens is 3. The molecule has 1 aliphatic heterocycles. The van der Waals surface area contributed by atoms with Crippen molar-refractivity contribution >= 4 is 5.91 Å². The fourth-order valence-electron chi connectivity index (χ4n) is 2.55. The third-order valence-electron chi connectivity index (χ3n) is 3.80. The van der Waals surface area contributed by atoms with E-state index in [2.05, 4.69) is 10.6 Å². The summed E-state index contributed by atoms with van der Waals surface area (Å²) >= 11 is 0. The summed E-state index contributed by atoms with van der Waals surface area (Å²) in [6, 6.07) is 4.51. The standard InChI is InChI=1S/C16H21F3N2O2/c17-16(18,19)13-4-1-5-14(9-13)23-11-15(22)21-8-6-12-3-2-7-20-10-12/h1,4-5,9,12,20H,2-3,6-8,10-11H2,(H,21,22). The lowest BCUT2D eigenvalue weighted by Gasteiger charge is -2.22. The first-order chi connectivity index (χ1) is 10.9. The molecule has 1 atom stereocenters. The molecule has 1 saturated heterocycles. The van der Waals surface area contributed by atoms with Gasteiger partial charge in [0.1, 0.15) is 5.75 Å². The van der Waals surface area contributed by atoms with Crippen LogP contribution in [0.3, 0.4) is 0 Å². The van der Waals surface area contributed by atoms with Crippen LogP contribution in [0.4, 0.5) is 13.2 Å². The van der Waals surface area contributed by atoms with E-state index in [9.17, 15) is 18.0 Å². The zero-order valence-electron chi connectivity index (χ0n) is 12.8. The van der Waals surface area contributed by atoms with Crippen molar-refractivity contribution < 1.29 is 22.7 Å². The Bertz CT molecular complexity index is 514. The summed E-state index contributed by atoms with van der Waals surface area (Å²) in [6.07, 6.45) is -1.22. The van der Waals surface area contributed by atoms with E-state index < -0.39 is 11.7 Å². The van der Waals surface area contributed by atoms with Crippen LogP contribution < -0.4 is 15.4 Å². The molecule has 7 heteroatoms. The molecule has 1 aliphatic rings. The molecule has 0 spiro atoms. The molecule has 1 amide bonds. The molecule has 1 heterocycles. The van der Waals surface area contributed by atoms with Crippen molar-refractivity contribution in [1.82, 2.24) is 10.6 Å². The molecule has 2 N–H and O–H groups in total. The van der Waals surface area contributed by atoms with Gasteiger partial charge in [0, 0.05) is 6.54 Å². The molecule has 128 valence electrons. The number of benzene rings is 1. The van der Waals surface area contributed by atoms with Gasteiger partial charge in [-0.25, -0.2) is 0 Å². The number of amides is 1. The number of alkyl halides is 3. The second-order valence-corrected chi connectivity index (χ2v) is 5.67. The molecule has 1 aromatic rings. The molecule has 0 aromatic heterocycles. The molecule has 4 nitrogen and oxygen atoms in total. The second-order valence-electron chi connectivity index (χ2n) is 5.67. The highest BCUT2D eigenvalue weighted by atomic mass is 19.4. The topological polar surface area (TPSA) is 50.4 Å². The Morgan fingerprint density at radius 1 is 1.39 bits per heavy atom. The molecule has 0 bridgehead atoms. The Balaban J connectivity index is 1.69. The van der Waals surface area contributed by atoms with Gasteiger partial charge < -0.3 is 15.4 Å². The Labute approximate surface area is 133 Å². The van der Waals surface area contributed by atoms with Gasteiger partial charge in [0.2, 0.25) is 0 Å². The number of carbonyl (C=O) groups excluding carboxylic acids is 1. The monoisotopic (exact) mass is 330 g/mol. The molecule has 1 unspecified atom stereocenters. The van der Waals surface area contributed by atoms with E-state index in [1.807, 2.05) is 0 Å². The molecule has 0 saturated carbocycles. The van der Waals surface area contributed by atoms with E-state index in [-0.39, 0.29) is 18.3 Å². The number of hydrogen-bond acceptors (Lipinski definition) is 3. The van der Waals surface area contributed by atoms with E-state index >= 15 is 0 Å². The van der Waals surface area contributed by atoms with Crippen LogP contribution in [-0.4, -0.2) is 32.1 Å². The third-order valence-corrected chi connectivity index (χ3v) is 3.80. The third kappa shape index (κ3) is 6.09. The molecular weight excluding hydrogens is 309 g/mol. The first-order valence-corrected chi connectivity index (χ1v) is 7.72.